The second-order valence-corrected chi connectivity index (χ2v) is 7.86. The molecule has 2 heterocycles. The molecule has 126 valence electrons. The average molecular weight is 352 g/mol. The van der Waals surface area contributed by atoms with Gasteiger partial charge in [-0.15, -0.1) is 22.7 Å². The molecule has 0 aliphatic carbocycles. The summed E-state index contributed by atoms with van der Waals surface area (Å²) in [4.78, 5) is 15.9. The molecular formula is C16H25N5S2. The maximum absolute atomic E-state index is 4.67. The summed E-state index contributed by atoms with van der Waals surface area (Å²) in [6.45, 7) is 8.06. The van der Waals surface area contributed by atoms with E-state index in [1.807, 2.05) is 6.20 Å². The predicted molar refractivity (Wildman–Crippen MR) is 99.9 cm³/mol. The highest BCUT2D eigenvalue weighted by atomic mass is 32.1. The lowest BCUT2D eigenvalue weighted by atomic mass is 10.3. The Morgan fingerprint density at radius 3 is 2.35 bits per heavy atom. The molecule has 23 heavy (non-hydrogen) atoms. The molecule has 0 aliphatic heterocycles. The van der Waals surface area contributed by atoms with Crippen LogP contribution in [-0.2, 0) is 19.3 Å². The van der Waals surface area contributed by atoms with Gasteiger partial charge in [-0.3, -0.25) is 4.99 Å². The normalized spacial score (nSPS) is 11.7. The molecule has 0 fully saturated rings. The van der Waals surface area contributed by atoms with Gasteiger partial charge in [0.2, 0.25) is 0 Å². The van der Waals surface area contributed by atoms with Crippen LogP contribution in [0.2, 0.25) is 0 Å². The number of aryl methyl sites for hydroxylation is 3. The largest absolute Gasteiger partial charge is 0.356 e. The Labute approximate surface area is 146 Å². The van der Waals surface area contributed by atoms with Crippen molar-refractivity contribution in [2.24, 2.45) is 4.99 Å². The Hall–Kier alpha value is -1.47. The van der Waals surface area contributed by atoms with Crippen molar-refractivity contribution in [3.63, 3.8) is 0 Å². The molecule has 0 spiro atoms. The molecule has 2 rings (SSSR count). The molecule has 0 radical (unpaired) electrons. The van der Waals surface area contributed by atoms with E-state index < -0.39 is 0 Å². The first-order valence-corrected chi connectivity index (χ1v) is 9.56. The molecule has 0 bridgehead atoms. The van der Waals surface area contributed by atoms with Crippen LogP contribution in [0, 0.1) is 13.8 Å². The first-order valence-electron chi connectivity index (χ1n) is 7.93. The predicted octanol–water partition coefficient (Wildman–Crippen LogP) is 2.73. The van der Waals surface area contributed by atoms with Gasteiger partial charge in [0, 0.05) is 48.9 Å². The van der Waals surface area contributed by atoms with E-state index in [1.165, 1.54) is 20.5 Å². The number of aliphatic imine (C=N–C) groups is 1. The fraction of sp³-hybridized carbons (Fsp3) is 0.562. The lowest BCUT2D eigenvalue weighted by Gasteiger charge is -2.10. The van der Waals surface area contributed by atoms with Crippen LogP contribution in [0.1, 0.15) is 32.4 Å². The number of thiazole rings is 2. The SMILES string of the molecule is CCc1nc(CCNC(=NC)NCCc2ncc(C)s2)sc1C. The third-order valence-corrected chi connectivity index (χ3v) is 5.47. The third-order valence-electron chi connectivity index (χ3n) is 3.43. The van der Waals surface area contributed by atoms with Gasteiger partial charge >= 0.3 is 0 Å². The average Bonchev–Trinajstić information content (AvgIpc) is 3.11. The second-order valence-electron chi connectivity index (χ2n) is 5.25. The lowest BCUT2D eigenvalue weighted by Crippen LogP contribution is -2.39. The highest BCUT2D eigenvalue weighted by molar-refractivity contribution is 7.11. The second kappa shape index (κ2) is 8.98. The Morgan fingerprint density at radius 2 is 1.83 bits per heavy atom. The van der Waals surface area contributed by atoms with Crippen LogP contribution in [0.5, 0.6) is 0 Å². The van der Waals surface area contributed by atoms with Gasteiger partial charge in [-0.05, 0) is 20.3 Å². The monoisotopic (exact) mass is 351 g/mol. The number of rotatable bonds is 7. The summed E-state index contributed by atoms with van der Waals surface area (Å²) in [5.41, 5.74) is 1.23. The number of nitrogens with one attached hydrogen (secondary N) is 2. The molecule has 2 aromatic rings. The van der Waals surface area contributed by atoms with E-state index >= 15 is 0 Å². The minimum absolute atomic E-state index is 0.835. The van der Waals surface area contributed by atoms with Crippen molar-refractivity contribution in [3.05, 3.63) is 31.7 Å². The number of hydrogen-bond acceptors (Lipinski definition) is 5. The van der Waals surface area contributed by atoms with Crippen molar-refractivity contribution in [2.75, 3.05) is 20.1 Å². The van der Waals surface area contributed by atoms with E-state index in [0.717, 1.165) is 43.3 Å². The van der Waals surface area contributed by atoms with E-state index in [0.29, 0.717) is 0 Å². The topological polar surface area (TPSA) is 62.2 Å². The summed E-state index contributed by atoms with van der Waals surface area (Å²) < 4.78 is 0. The van der Waals surface area contributed by atoms with Crippen LogP contribution >= 0.6 is 22.7 Å². The molecule has 5 nitrogen and oxygen atoms in total. The summed E-state index contributed by atoms with van der Waals surface area (Å²) in [5.74, 6) is 0.835. The van der Waals surface area contributed by atoms with E-state index in [9.17, 15) is 0 Å². The van der Waals surface area contributed by atoms with Crippen LogP contribution in [-0.4, -0.2) is 36.1 Å². The zero-order valence-electron chi connectivity index (χ0n) is 14.3. The number of nitrogens with zero attached hydrogens (tertiary/aromatic N) is 3. The lowest BCUT2D eigenvalue weighted by molar-refractivity contribution is 0.778. The van der Waals surface area contributed by atoms with Crippen LogP contribution in [0.15, 0.2) is 11.2 Å². The maximum atomic E-state index is 4.67. The molecule has 0 aromatic carbocycles. The van der Waals surface area contributed by atoms with Gasteiger partial charge in [0.05, 0.1) is 15.7 Å². The first-order chi connectivity index (χ1) is 11.1. The zero-order chi connectivity index (χ0) is 16.7. The fourth-order valence-corrected chi connectivity index (χ4v) is 4.04. The molecule has 0 unspecified atom stereocenters. The highest BCUT2D eigenvalue weighted by Gasteiger charge is 2.06. The smallest absolute Gasteiger partial charge is 0.191 e. The van der Waals surface area contributed by atoms with Crippen LogP contribution in [0.25, 0.3) is 0 Å². The summed E-state index contributed by atoms with van der Waals surface area (Å²) in [5, 5.41) is 9.03. The minimum atomic E-state index is 0.835. The Bertz CT molecular complexity index is 645. The molecule has 2 N–H and O–H groups in total. The van der Waals surface area contributed by atoms with Crippen molar-refractivity contribution in [1.29, 1.82) is 0 Å². The van der Waals surface area contributed by atoms with Gasteiger partial charge < -0.3 is 10.6 Å². The summed E-state index contributed by atoms with van der Waals surface area (Å²) in [6, 6.07) is 0. The van der Waals surface area contributed by atoms with Gasteiger partial charge in [0.15, 0.2) is 5.96 Å². The molecule has 0 saturated heterocycles. The van der Waals surface area contributed by atoms with Gasteiger partial charge in [-0.1, -0.05) is 6.92 Å². The van der Waals surface area contributed by atoms with Gasteiger partial charge in [0.25, 0.3) is 0 Å². The van der Waals surface area contributed by atoms with Crippen molar-refractivity contribution in [3.8, 4) is 0 Å². The summed E-state index contributed by atoms with van der Waals surface area (Å²) in [6.07, 6.45) is 4.78. The maximum Gasteiger partial charge on any atom is 0.191 e. The zero-order valence-corrected chi connectivity index (χ0v) is 15.9. The highest BCUT2D eigenvalue weighted by Crippen LogP contribution is 2.17. The van der Waals surface area contributed by atoms with E-state index in [-0.39, 0.29) is 0 Å². The van der Waals surface area contributed by atoms with Crippen LogP contribution in [0.4, 0.5) is 0 Å². The van der Waals surface area contributed by atoms with Crippen molar-refractivity contribution in [2.45, 2.75) is 40.0 Å². The minimum Gasteiger partial charge on any atom is -0.356 e. The van der Waals surface area contributed by atoms with Crippen molar-refractivity contribution >= 4 is 28.6 Å². The number of aromatic nitrogens is 2. The van der Waals surface area contributed by atoms with Crippen LogP contribution < -0.4 is 10.6 Å². The van der Waals surface area contributed by atoms with E-state index in [2.05, 4.69) is 46.4 Å². The number of guanidine groups is 1. The van der Waals surface area contributed by atoms with Gasteiger partial charge in [0.1, 0.15) is 0 Å². The Balaban J connectivity index is 1.70. The summed E-state index contributed by atoms with van der Waals surface area (Å²) >= 11 is 3.55. The molecule has 2 aromatic heterocycles. The van der Waals surface area contributed by atoms with Gasteiger partial charge in [-0.25, -0.2) is 9.97 Å². The first kappa shape index (κ1) is 17.9. The Kier molecular flexibility index (Phi) is 6.98. The van der Waals surface area contributed by atoms with Crippen molar-refractivity contribution in [1.82, 2.24) is 20.6 Å². The molecule has 0 saturated carbocycles. The van der Waals surface area contributed by atoms with E-state index in [4.69, 9.17) is 0 Å². The quantitative estimate of drug-likeness (QED) is 0.595. The molecule has 0 aliphatic rings. The fourth-order valence-electron chi connectivity index (χ4n) is 2.24. The molecule has 7 heteroatoms. The molecule has 0 atom stereocenters. The van der Waals surface area contributed by atoms with Crippen molar-refractivity contribution < 1.29 is 0 Å². The third kappa shape index (κ3) is 5.58. The van der Waals surface area contributed by atoms with E-state index in [1.54, 1.807) is 29.7 Å². The number of hydrogen-bond donors (Lipinski definition) is 2. The molecule has 0 amide bonds. The molecular weight excluding hydrogens is 326 g/mol. The van der Waals surface area contributed by atoms with Crippen LogP contribution in [0.3, 0.4) is 0 Å². The summed E-state index contributed by atoms with van der Waals surface area (Å²) in [7, 11) is 1.80. The van der Waals surface area contributed by atoms with Gasteiger partial charge in [-0.2, -0.15) is 0 Å². The Morgan fingerprint density at radius 1 is 1.13 bits per heavy atom. The standard InChI is InChI=1S/C16H25N5S2/c1-5-13-12(3)23-15(21-13)7-9-19-16(17-4)18-8-6-14-20-10-11(2)22-14/h10H,5-9H2,1-4H3,(H2,17,18,19).